The highest BCUT2D eigenvalue weighted by Gasteiger charge is 2.44. The molecule has 0 saturated heterocycles. The van der Waals surface area contributed by atoms with Gasteiger partial charge in [-0.05, 0) is 50.2 Å². The minimum atomic E-state index is -3.80. The molecule has 0 unspecified atom stereocenters. The van der Waals surface area contributed by atoms with Gasteiger partial charge in [-0.3, -0.25) is 9.59 Å². The van der Waals surface area contributed by atoms with E-state index in [0.29, 0.717) is 11.3 Å². The van der Waals surface area contributed by atoms with E-state index in [2.05, 4.69) is 14.6 Å². The van der Waals surface area contributed by atoms with Gasteiger partial charge in [-0.1, -0.05) is 11.6 Å². The molecule has 0 fully saturated rings. The molecular formula is C25H17ClF2N4O5. The third-order valence-corrected chi connectivity index (χ3v) is 6.07. The van der Waals surface area contributed by atoms with Crippen LogP contribution in [0.25, 0.3) is 22.2 Å². The summed E-state index contributed by atoms with van der Waals surface area (Å²) in [6.07, 6.45) is -2.48. The summed E-state index contributed by atoms with van der Waals surface area (Å²) in [5.41, 5.74) is 1.12. The van der Waals surface area contributed by atoms with E-state index in [1.54, 1.807) is 13.0 Å². The summed E-state index contributed by atoms with van der Waals surface area (Å²) in [7, 11) is 0. The molecule has 2 aromatic heterocycles. The minimum Gasteiger partial charge on any atom is -0.462 e. The van der Waals surface area contributed by atoms with E-state index in [0.717, 1.165) is 4.68 Å². The normalized spacial score (nSPS) is 13.5. The van der Waals surface area contributed by atoms with Crippen molar-refractivity contribution in [3.63, 3.8) is 0 Å². The first-order valence-electron chi connectivity index (χ1n) is 11.0. The number of nitriles is 1. The Morgan fingerprint density at radius 3 is 2.76 bits per heavy atom. The van der Waals surface area contributed by atoms with Gasteiger partial charge in [-0.25, -0.2) is 4.68 Å². The molecule has 0 atom stereocenters. The number of carbonyl (C=O) groups excluding carboxylic acids is 1. The first kappa shape index (κ1) is 24.3. The van der Waals surface area contributed by atoms with Crippen molar-refractivity contribution < 1.29 is 27.5 Å². The van der Waals surface area contributed by atoms with Crippen LogP contribution >= 0.6 is 11.6 Å². The molecule has 0 radical (unpaired) electrons. The quantitative estimate of drug-likeness (QED) is 0.365. The summed E-state index contributed by atoms with van der Waals surface area (Å²) in [6, 6.07) is 10.8. The molecule has 1 amide bonds. The Kier molecular flexibility index (Phi) is 5.84. The second kappa shape index (κ2) is 8.90. The molecule has 1 aliphatic heterocycles. The van der Waals surface area contributed by atoms with Crippen molar-refractivity contribution in [2.75, 3.05) is 11.4 Å². The maximum atomic E-state index is 13.6. The number of hydrogen-bond acceptors (Lipinski definition) is 7. The standard InChI is InChI=1S/C25H17ClF2N4O5/c1-3-31(18-4-5-19-22(13(18)2)37-25(27,28)36-19)20(33)12-32-24(34)17-6-7-35-23(17)21(30-32)15-8-14(11-29)9-16(26)10-15/h4-10H,3,12H2,1-2H3. The van der Waals surface area contributed by atoms with E-state index >= 15 is 0 Å². The molecule has 37 heavy (non-hydrogen) atoms. The van der Waals surface area contributed by atoms with Gasteiger partial charge in [0.2, 0.25) is 5.91 Å². The predicted molar refractivity (Wildman–Crippen MR) is 129 cm³/mol. The maximum Gasteiger partial charge on any atom is 0.586 e. The molecule has 9 nitrogen and oxygen atoms in total. The number of carbonyl (C=O) groups is 1. The number of ether oxygens (including phenoxy) is 2. The van der Waals surface area contributed by atoms with Crippen molar-refractivity contribution in [3.8, 4) is 28.8 Å². The average molecular weight is 527 g/mol. The number of amides is 1. The number of likely N-dealkylation sites (N-methyl/N-ethyl adjacent to an activating group) is 1. The first-order valence-corrected chi connectivity index (χ1v) is 11.4. The lowest BCUT2D eigenvalue weighted by molar-refractivity contribution is -0.286. The number of furan rings is 1. The fourth-order valence-corrected chi connectivity index (χ4v) is 4.45. The Bertz CT molecular complexity index is 1670. The number of nitrogens with zero attached hydrogens (tertiary/aromatic N) is 4. The second-order valence-electron chi connectivity index (χ2n) is 8.16. The number of hydrogen-bond donors (Lipinski definition) is 0. The highest BCUT2D eigenvalue weighted by atomic mass is 35.5. The Labute approximate surface area is 213 Å². The Hall–Kier alpha value is -4.43. The number of aromatic nitrogens is 2. The zero-order chi connectivity index (χ0) is 26.5. The van der Waals surface area contributed by atoms with Crippen molar-refractivity contribution in [3.05, 3.63) is 69.2 Å². The summed E-state index contributed by atoms with van der Waals surface area (Å²) in [5, 5.41) is 14.1. The van der Waals surface area contributed by atoms with Gasteiger partial charge in [0.1, 0.15) is 12.2 Å². The number of benzene rings is 2. The van der Waals surface area contributed by atoms with Gasteiger partial charge in [-0.15, -0.1) is 8.78 Å². The number of halogens is 3. The third kappa shape index (κ3) is 4.25. The smallest absolute Gasteiger partial charge is 0.462 e. The van der Waals surface area contributed by atoms with Crippen LogP contribution in [-0.4, -0.2) is 28.5 Å². The number of anilines is 1. The minimum absolute atomic E-state index is 0.138. The van der Waals surface area contributed by atoms with Crippen LogP contribution in [0, 0.1) is 18.3 Å². The van der Waals surface area contributed by atoms with Crippen molar-refractivity contribution in [1.82, 2.24) is 9.78 Å². The van der Waals surface area contributed by atoms with Crippen LogP contribution in [0.3, 0.4) is 0 Å². The predicted octanol–water partition coefficient (Wildman–Crippen LogP) is 4.86. The topological polar surface area (TPSA) is 111 Å². The molecule has 4 aromatic rings. The zero-order valence-corrected chi connectivity index (χ0v) is 20.2. The van der Waals surface area contributed by atoms with Crippen LogP contribution in [-0.2, 0) is 11.3 Å². The van der Waals surface area contributed by atoms with Gasteiger partial charge in [0.15, 0.2) is 17.1 Å². The summed E-state index contributed by atoms with van der Waals surface area (Å²) in [4.78, 5) is 27.8. The molecule has 188 valence electrons. The third-order valence-electron chi connectivity index (χ3n) is 5.85. The Balaban J connectivity index is 1.54. The van der Waals surface area contributed by atoms with Gasteiger partial charge in [0.25, 0.3) is 5.56 Å². The van der Waals surface area contributed by atoms with Crippen molar-refractivity contribution >= 4 is 34.2 Å². The largest absolute Gasteiger partial charge is 0.586 e. The van der Waals surface area contributed by atoms with Crippen LogP contribution in [0.2, 0.25) is 5.02 Å². The van der Waals surface area contributed by atoms with Gasteiger partial charge < -0.3 is 18.8 Å². The zero-order valence-electron chi connectivity index (χ0n) is 19.4. The summed E-state index contributed by atoms with van der Waals surface area (Å²) in [5.74, 6) is -0.829. The van der Waals surface area contributed by atoms with Crippen molar-refractivity contribution in [2.45, 2.75) is 26.7 Å². The van der Waals surface area contributed by atoms with Gasteiger partial charge in [0.05, 0.1) is 29.0 Å². The Morgan fingerprint density at radius 1 is 1.24 bits per heavy atom. The fourth-order valence-electron chi connectivity index (χ4n) is 4.22. The molecule has 0 aliphatic carbocycles. The molecule has 0 saturated carbocycles. The molecule has 12 heteroatoms. The van der Waals surface area contributed by atoms with E-state index in [9.17, 15) is 23.6 Å². The number of fused-ring (bicyclic) bond motifs is 2. The van der Waals surface area contributed by atoms with Gasteiger partial charge >= 0.3 is 6.29 Å². The second-order valence-corrected chi connectivity index (χ2v) is 8.59. The molecule has 0 spiro atoms. The SMILES string of the molecule is CCN(C(=O)Cn1nc(-c2cc(Cl)cc(C#N)c2)c2occc2c1=O)c1ccc2c(c1C)OC(F)(F)O2. The molecule has 3 heterocycles. The lowest BCUT2D eigenvalue weighted by Crippen LogP contribution is -2.38. The van der Waals surface area contributed by atoms with Crippen LogP contribution in [0.15, 0.2) is 51.9 Å². The van der Waals surface area contributed by atoms with Crippen molar-refractivity contribution in [2.24, 2.45) is 0 Å². The lowest BCUT2D eigenvalue weighted by atomic mass is 10.1. The molecule has 0 bridgehead atoms. The molecule has 2 aromatic carbocycles. The first-order chi connectivity index (χ1) is 17.6. The average Bonchev–Trinajstić information content (AvgIpc) is 3.46. The van der Waals surface area contributed by atoms with E-state index in [-0.39, 0.29) is 50.9 Å². The Morgan fingerprint density at radius 2 is 2.03 bits per heavy atom. The molecular weight excluding hydrogens is 510 g/mol. The van der Waals surface area contributed by atoms with E-state index in [4.69, 9.17) is 16.0 Å². The highest BCUT2D eigenvalue weighted by Crippen LogP contribution is 2.46. The summed E-state index contributed by atoms with van der Waals surface area (Å²) in [6.45, 7) is 2.94. The van der Waals surface area contributed by atoms with Crippen LogP contribution in [0.1, 0.15) is 18.1 Å². The van der Waals surface area contributed by atoms with E-state index in [1.807, 2.05) is 6.07 Å². The molecule has 5 rings (SSSR count). The fraction of sp³-hybridized carbons (Fsp3) is 0.200. The maximum absolute atomic E-state index is 13.6. The van der Waals surface area contributed by atoms with Crippen LogP contribution in [0.4, 0.5) is 14.5 Å². The van der Waals surface area contributed by atoms with E-state index < -0.39 is 24.3 Å². The molecule has 0 N–H and O–H groups in total. The number of rotatable bonds is 5. The summed E-state index contributed by atoms with van der Waals surface area (Å²) < 4.78 is 42.7. The highest BCUT2D eigenvalue weighted by molar-refractivity contribution is 6.31. The van der Waals surface area contributed by atoms with Crippen LogP contribution in [0.5, 0.6) is 11.5 Å². The molecule has 1 aliphatic rings. The lowest BCUT2D eigenvalue weighted by Gasteiger charge is -2.23. The van der Waals surface area contributed by atoms with Gasteiger partial charge in [-0.2, -0.15) is 10.4 Å². The number of alkyl halides is 2. The van der Waals surface area contributed by atoms with Crippen molar-refractivity contribution in [1.29, 1.82) is 5.26 Å². The monoisotopic (exact) mass is 526 g/mol. The van der Waals surface area contributed by atoms with Gasteiger partial charge in [0, 0.05) is 22.7 Å². The van der Waals surface area contributed by atoms with E-state index in [1.165, 1.54) is 48.4 Å². The summed E-state index contributed by atoms with van der Waals surface area (Å²) >= 11 is 6.16. The van der Waals surface area contributed by atoms with Crippen LogP contribution < -0.4 is 19.9 Å².